The first-order chi connectivity index (χ1) is 11.1. The van der Waals surface area contributed by atoms with Gasteiger partial charge in [0, 0.05) is 17.4 Å². The molecule has 0 unspecified atom stereocenters. The van der Waals surface area contributed by atoms with E-state index in [2.05, 4.69) is 21.2 Å². The van der Waals surface area contributed by atoms with E-state index in [1.165, 1.54) is 0 Å². The smallest absolute Gasteiger partial charge is 0.408 e. The lowest BCUT2D eigenvalue weighted by molar-refractivity contribution is -0.116. The highest BCUT2D eigenvalue weighted by Crippen LogP contribution is 2.21. The van der Waals surface area contributed by atoms with Crippen LogP contribution in [0.4, 0.5) is 5.69 Å². The lowest BCUT2D eigenvalue weighted by atomic mass is 10.2. The summed E-state index contributed by atoms with van der Waals surface area (Å²) < 4.78 is 7.56. The molecule has 1 heterocycles. The van der Waals surface area contributed by atoms with Gasteiger partial charge in [-0.25, -0.2) is 4.79 Å². The summed E-state index contributed by atoms with van der Waals surface area (Å²) in [7, 11) is 0. The fraction of sp³-hybridized carbons (Fsp3) is 0.176. The van der Waals surface area contributed by atoms with Gasteiger partial charge in [-0.05, 0) is 46.6 Å². The molecule has 0 bridgehead atoms. The zero-order valence-corrected chi connectivity index (χ0v) is 13.9. The molecule has 0 atom stereocenters. The molecule has 2 aromatic carbocycles. The third kappa shape index (κ3) is 3.53. The molecule has 6 heteroatoms. The number of carbonyl (C=O) groups is 1. The molecule has 23 heavy (non-hydrogen) atoms. The predicted octanol–water partition coefficient (Wildman–Crippen LogP) is 3.78. The number of halogens is 1. The molecule has 0 saturated heterocycles. The molecule has 0 aliphatic heterocycles. The van der Waals surface area contributed by atoms with E-state index in [9.17, 15) is 9.59 Å². The Bertz CT molecular complexity index is 898. The van der Waals surface area contributed by atoms with Crippen LogP contribution in [0.25, 0.3) is 11.1 Å². The van der Waals surface area contributed by atoms with Crippen LogP contribution in [0.15, 0.2) is 62.2 Å². The van der Waals surface area contributed by atoms with Crippen molar-refractivity contribution in [3.63, 3.8) is 0 Å². The Balaban J connectivity index is 1.61. The number of rotatable bonds is 5. The van der Waals surface area contributed by atoms with Gasteiger partial charge in [-0.2, -0.15) is 0 Å². The highest BCUT2D eigenvalue weighted by Gasteiger charge is 2.09. The highest BCUT2D eigenvalue weighted by atomic mass is 79.9. The summed E-state index contributed by atoms with van der Waals surface area (Å²) >= 11 is 3.39. The molecule has 0 saturated carbocycles. The van der Waals surface area contributed by atoms with Crippen LogP contribution in [0.5, 0.6) is 0 Å². The lowest BCUT2D eigenvalue weighted by Gasteiger charge is -2.07. The molecule has 3 aromatic rings. The van der Waals surface area contributed by atoms with Crippen molar-refractivity contribution in [2.45, 2.75) is 19.4 Å². The van der Waals surface area contributed by atoms with E-state index in [0.717, 1.165) is 15.7 Å². The molecule has 0 radical (unpaired) electrons. The van der Waals surface area contributed by atoms with Crippen molar-refractivity contribution in [2.75, 3.05) is 5.32 Å². The number of nitrogens with zero attached hydrogens (tertiary/aromatic N) is 1. The number of anilines is 1. The van der Waals surface area contributed by atoms with Crippen LogP contribution >= 0.6 is 15.9 Å². The van der Waals surface area contributed by atoms with E-state index in [4.69, 9.17) is 4.42 Å². The second-order valence-corrected chi connectivity index (χ2v) is 5.97. The Kier molecular flexibility index (Phi) is 4.62. The van der Waals surface area contributed by atoms with Crippen LogP contribution in [0.3, 0.4) is 0 Å². The van der Waals surface area contributed by atoms with E-state index in [0.29, 0.717) is 25.0 Å². The second-order valence-electron chi connectivity index (χ2n) is 5.12. The van der Waals surface area contributed by atoms with E-state index in [1.54, 1.807) is 10.6 Å². The minimum Gasteiger partial charge on any atom is -0.408 e. The monoisotopic (exact) mass is 374 g/mol. The van der Waals surface area contributed by atoms with Gasteiger partial charge in [0.05, 0.1) is 11.2 Å². The van der Waals surface area contributed by atoms with E-state index >= 15 is 0 Å². The van der Waals surface area contributed by atoms with Gasteiger partial charge in [-0.3, -0.25) is 9.36 Å². The largest absolute Gasteiger partial charge is 0.419 e. The fourth-order valence-corrected chi connectivity index (χ4v) is 2.78. The number of oxazole rings is 1. The molecule has 0 aliphatic carbocycles. The maximum absolute atomic E-state index is 12.0. The predicted molar refractivity (Wildman–Crippen MR) is 92.5 cm³/mol. The van der Waals surface area contributed by atoms with Crippen molar-refractivity contribution in [3.05, 3.63) is 63.6 Å². The number of aryl methyl sites for hydroxylation is 1. The molecular weight excluding hydrogens is 360 g/mol. The van der Waals surface area contributed by atoms with Crippen molar-refractivity contribution >= 4 is 38.6 Å². The first kappa shape index (κ1) is 15.6. The number of para-hydroxylation sites is 3. The summed E-state index contributed by atoms with van der Waals surface area (Å²) in [5.74, 6) is -0.477. The third-order valence-corrected chi connectivity index (χ3v) is 4.20. The van der Waals surface area contributed by atoms with Gasteiger partial charge >= 0.3 is 5.76 Å². The molecule has 3 rings (SSSR count). The number of hydrogen-bond donors (Lipinski definition) is 1. The first-order valence-corrected chi connectivity index (χ1v) is 8.07. The topological polar surface area (TPSA) is 64.2 Å². The zero-order valence-electron chi connectivity index (χ0n) is 12.3. The summed E-state index contributed by atoms with van der Waals surface area (Å²) in [4.78, 5) is 23.8. The van der Waals surface area contributed by atoms with Gasteiger partial charge in [0.1, 0.15) is 0 Å². The summed E-state index contributed by atoms with van der Waals surface area (Å²) in [5, 5.41) is 2.85. The van der Waals surface area contributed by atoms with Gasteiger partial charge in [0.25, 0.3) is 0 Å². The molecule has 5 nitrogen and oxygen atoms in total. The SMILES string of the molecule is O=C(CCCn1c(=O)oc2ccccc21)Nc1ccccc1Br. The average molecular weight is 375 g/mol. The quantitative estimate of drug-likeness (QED) is 0.738. The number of amides is 1. The maximum atomic E-state index is 12.0. The van der Waals surface area contributed by atoms with Crippen molar-refractivity contribution in [1.82, 2.24) is 4.57 Å². The van der Waals surface area contributed by atoms with Crippen LogP contribution in [0.1, 0.15) is 12.8 Å². The van der Waals surface area contributed by atoms with Crippen LogP contribution in [-0.4, -0.2) is 10.5 Å². The van der Waals surface area contributed by atoms with Crippen molar-refractivity contribution in [1.29, 1.82) is 0 Å². The Morgan fingerprint density at radius 2 is 1.87 bits per heavy atom. The molecule has 0 aliphatic rings. The minimum atomic E-state index is -0.391. The van der Waals surface area contributed by atoms with Crippen LogP contribution in [0, 0.1) is 0 Å². The van der Waals surface area contributed by atoms with E-state index < -0.39 is 5.76 Å². The summed E-state index contributed by atoms with van der Waals surface area (Å²) in [6.45, 7) is 0.444. The minimum absolute atomic E-state index is 0.0854. The molecule has 1 amide bonds. The summed E-state index contributed by atoms with van der Waals surface area (Å²) in [6, 6.07) is 14.7. The van der Waals surface area contributed by atoms with Gasteiger partial charge in [0.2, 0.25) is 5.91 Å². The summed E-state index contributed by atoms with van der Waals surface area (Å²) in [6.07, 6.45) is 0.882. The molecule has 1 aromatic heterocycles. The van der Waals surface area contributed by atoms with E-state index in [-0.39, 0.29) is 5.91 Å². The second kappa shape index (κ2) is 6.83. The zero-order chi connectivity index (χ0) is 16.2. The van der Waals surface area contributed by atoms with Crippen LogP contribution in [0.2, 0.25) is 0 Å². The third-order valence-electron chi connectivity index (χ3n) is 3.51. The average Bonchev–Trinajstić information content (AvgIpc) is 2.86. The number of fused-ring (bicyclic) bond motifs is 1. The number of benzene rings is 2. The summed E-state index contributed by atoms with van der Waals surface area (Å²) in [5.41, 5.74) is 2.06. The Morgan fingerprint density at radius 1 is 1.13 bits per heavy atom. The number of nitrogens with one attached hydrogen (secondary N) is 1. The standard InChI is InChI=1S/C17H15BrN2O3/c18-12-6-1-2-7-13(12)19-16(21)10-5-11-20-14-8-3-4-9-15(14)23-17(20)22/h1-4,6-9H,5,10-11H2,(H,19,21). The van der Waals surface area contributed by atoms with Gasteiger partial charge in [0.15, 0.2) is 5.58 Å². The van der Waals surface area contributed by atoms with Crippen molar-refractivity contribution in [3.8, 4) is 0 Å². The lowest BCUT2D eigenvalue weighted by Crippen LogP contribution is -2.17. The molecule has 118 valence electrons. The molecule has 0 fully saturated rings. The molecular formula is C17H15BrN2O3. The van der Waals surface area contributed by atoms with Crippen LogP contribution in [-0.2, 0) is 11.3 Å². The molecule has 1 N–H and O–H groups in total. The number of aromatic nitrogens is 1. The Labute approximate surface area is 141 Å². The van der Waals surface area contributed by atoms with Crippen molar-refractivity contribution in [2.24, 2.45) is 0 Å². The van der Waals surface area contributed by atoms with Gasteiger partial charge < -0.3 is 9.73 Å². The first-order valence-electron chi connectivity index (χ1n) is 7.28. The van der Waals surface area contributed by atoms with Crippen LogP contribution < -0.4 is 11.1 Å². The number of hydrogen-bond acceptors (Lipinski definition) is 3. The normalized spacial score (nSPS) is 10.8. The Hall–Kier alpha value is -2.34. The fourth-order valence-electron chi connectivity index (χ4n) is 2.40. The van der Waals surface area contributed by atoms with Gasteiger partial charge in [-0.1, -0.05) is 24.3 Å². The number of carbonyl (C=O) groups excluding carboxylic acids is 1. The highest BCUT2D eigenvalue weighted by molar-refractivity contribution is 9.10. The Morgan fingerprint density at radius 3 is 2.70 bits per heavy atom. The van der Waals surface area contributed by atoms with E-state index in [1.807, 2.05) is 42.5 Å². The molecule has 0 spiro atoms. The van der Waals surface area contributed by atoms with Crippen molar-refractivity contribution < 1.29 is 9.21 Å². The van der Waals surface area contributed by atoms with Gasteiger partial charge in [-0.15, -0.1) is 0 Å². The maximum Gasteiger partial charge on any atom is 0.419 e.